The van der Waals surface area contributed by atoms with Gasteiger partial charge in [-0.2, -0.15) is 0 Å². The molecular weight excluding hydrogens is 396 g/mol. The SMILES string of the molecule is COc1ccccc1[C@@H]1C(=C(O)c2ccccc2)C(=O)C(=O)N1CCN1CCOCC1. The lowest BCUT2D eigenvalue weighted by Crippen LogP contribution is -2.42. The van der Waals surface area contributed by atoms with Crippen molar-refractivity contribution in [3.63, 3.8) is 0 Å². The summed E-state index contributed by atoms with van der Waals surface area (Å²) in [6, 6.07) is 15.4. The molecule has 2 aromatic rings. The predicted octanol–water partition coefficient (Wildman–Crippen LogP) is 2.45. The minimum absolute atomic E-state index is 0.0858. The lowest BCUT2D eigenvalue weighted by atomic mass is 9.94. The quantitative estimate of drug-likeness (QED) is 0.438. The van der Waals surface area contributed by atoms with Crippen molar-refractivity contribution in [3.8, 4) is 5.75 Å². The number of carbonyl (C=O) groups is 2. The van der Waals surface area contributed by atoms with Crippen molar-refractivity contribution < 1.29 is 24.2 Å². The van der Waals surface area contributed by atoms with E-state index < -0.39 is 17.7 Å². The number of hydrogen-bond donors (Lipinski definition) is 1. The van der Waals surface area contributed by atoms with Crippen LogP contribution in [0.3, 0.4) is 0 Å². The van der Waals surface area contributed by atoms with E-state index >= 15 is 0 Å². The number of para-hydroxylation sites is 1. The van der Waals surface area contributed by atoms with Crippen LogP contribution in [0.4, 0.5) is 0 Å². The van der Waals surface area contributed by atoms with Crippen LogP contribution in [-0.2, 0) is 14.3 Å². The van der Waals surface area contributed by atoms with E-state index in [1.54, 1.807) is 42.3 Å². The monoisotopic (exact) mass is 422 g/mol. The van der Waals surface area contributed by atoms with E-state index in [0.29, 0.717) is 43.2 Å². The highest BCUT2D eigenvalue weighted by molar-refractivity contribution is 6.46. The second kappa shape index (κ2) is 9.32. The van der Waals surface area contributed by atoms with Gasteiger partial charge in [0, 0.05) is 37.3 Å². The highest BCUT2D eigenvalue weighted by atomic mass is 16.5. The zero-order valence-corrected chi connectivity index (χ0v) is 17.5. The van der Waals surface area contributed by atoms with Crippen molar-refractivity contribution in [3.05, 3.63) is 71.3 Å². The summed E-state index contributed by atoms with van der Waals surface area (Å²) < 4.78 is 10.9. The number of rotatable bonds is 6. The smallest absolute Gasteiger partial charge is 0.295 e. The molecule has 0 spiro atoms. The van der Waals surface area contributed by atoms with Crippen LogP contribution in [0.15, 0.2) is 60.2 Å². The number of Topliss-reactive ketones (excluding diaryl/α,β-unsaturated/α-hetero) is 1. The molecule has 4 rings (SSSR count). The Morgan fingerprint density at radius 3 is 2.42 bits per heavy atom. The van der Waals surface area contributed by atoms with Crippen LogP contribution in [0.1, 0.15) is 17.2 Å². The number of carbonyl (C=O) groups excluding carboxylic acids is 2. The van der Waals surface area contributed by atoms with E-state index in [9.17, 15) is 14.7 Å². The Morgan fingerprint density at radius 2 is 1.71 bits per heavy atom. The second-order valence-corrected chi connectivity index (χ2v) is 7.55. The van der Waals surface area contributed by atoms with Crippen molar-refractivity contribution in [1.82, 2.24) is 9.80 Å². The third-order valence-electron chi connectivity index (χ3n) is 5.78. The van der Waals surface area contributed by atoms with Crippen LogP contribution in [0.25, 0.3) is 5.76 Å². The molecule has 2 saturated heterocycles. The molecule has 2 fully saturated rings. The van der Waals surface area contributed by atoms with Crippen molar-refractivity contribution >= 4 is 17.4 Å². The number of ether oxygens (including phenoxy) is 2. The lowest BCUT2D eigenvalue weighted by molar-refractivity contribution is -0.140. The fourth-order valence-corrected chi connectivity index (χ4v) is 4.15. The molecule has 7 nitrogen and oxygen atoms in total. The largest absolute Gasteiger partial charge is 0.507 e. The molecule has 2 aromatic carbocycles. The van der Waals surface area contributed by atoms with Gasteiger partial charge in [-0.15, -0.1) is 0 Å². The van der Waals surface area contributed by atoms with Gasteiger partial charge in [-0.1, -0.05) is 48.5 Å². The first-order valence-electron chi connectivity index (χ1n) is 10.4. The molecule has 162 valence electrons. The number of methoxy groups -OCH3 is 1. The van der Waals surface area contributed by atoms with Crippen LogP contribution in [-0.4, -0.2) is 73.1 Å². The Bertz CT molecular complexity index is 982. The zero-order valence-electron chi connectivity index (χ0n) is 17.5. The maximum Gasteiger partial charge on any atom is 0.295 e. The second-order valence-electron chi connectivity index (χ2n) is 7.55. The minimum Gasteiger partial charge on any atom is -0.507 e. The van der Waals surface area contributed by atoms with E-state index in [2.05, 4.69) is 4.90 Å². The van der Waals surface area contributed by atoms with E-state index in [4.69, 9.17) is 9.47 Å². The fourth-order valence-electron chi connectivity index (χ4n) is 4.15. The molecule has 0 unspecified atom stereocenters. The number of amides is 1. The molecule has 0 saturated carbocycles. The van der Waals surface area contributed by atoms with E-state index in [-0.39, 0.29) is 11.3 Å². The summed E-state index contributed by atoms with van der Waals surface area (Å²) in [7, 11) is 1.55. The highest BCUT2D eigenvalue weighted by Gasteiger charge is 2.46. The van der Waals surface area contributed by atoms with Crippen LogP contribution in [0.2, 0.25) is 0 Å². The Hall–Kier alpha value is -3.16. The summed E-state index contributed by atoms with van der Waals surface area (Å²) in [6.07, 6.45) is 0. The number of likely N-dealkylation sites (tertiary alicyclic amines) is 1. The Morgan fingerprint density at radius 1 is 1.03 bits per heavy atom. The van der Waals surface area contributed by atoms with E-state index in [1.165, 1.54) is 0 Å². The van der Waals surface area contributed by atoms with Gasteiger partial charge in [0.2, 0.25) is 0 Å². The summed E-state index contributed by atoms with van der Waals surface area (Å²) in [5.74, 6) is -0.908. The molecular formula is C24H26N2O5. The molecule has 0 radical (unpaired) electrons. The molecule has 0 bridgehead atoms. The number of benzene rings is 2. The molecule has 0 aromatic heterocycles. The van der Waals surface area contributed by atoms with E-state index in [0.717, 1.165) is 13.1 Å². The first-order valence-corrected chi connectivity index (χ1v) is 10.4. The molecule has 1 N–H and O–H groups in total. The Balaban J connectivity index is 1.76. The third kappa shape index (κ3) is 4.19. The van der Waals surface area contributed by atoms with Gasteiger partial charge in [0.25, 0.3) is 11.7 Å². The van der Waals surface area contributed by atoms with Crippen LogP contribution in [0, 0.1) is 0 Å². The average Bonchev–Trinajstić information content (AvgIpc) is 3.08. The number of aliphatic hydroxyl groups excluding tert-OH is 1. The molecule has 7 heteroatoms. The van der Waals surface area contributed by atoms with Crippen LogP contribution < -0.4 is 4.74 Å². The molecule has 2 aliphatic rings. The normalized spacial score (nSPS) is 21.5. The van der Waals surface area contributed by atoms with Gasteiger partial charge in [0.15, 0.2) is 0 Å². The number of morpholine rings is 1. The van der Waals surface area contributed by atoms with Crippen molar-refractivity contribution in [2.75, 3.05) is 46.5 Å². The maximum atomic E-state index is 13.1. The highest BCUT2D eigenvalue weighted by Crippen LogP contribution is 2.42. The fraction of sp³-hybridized carbons (Fsp3) is 0.333. The standard InChI is InChI=1S/C24H26N2O5/c1-30-19-10-6-5-9-18(19)21-20(22(27)17-7-3-2-4-8-17)23(28)24(29)26(21)12-11-25-13-15-31-16-14-25/h2-10,21,27H,11-16H2,1H3/t21-/m1/s1. The van der Waals surface area contributed by atoms with Crippen molar-refractivity contribution in [1.29, 1.82) is 0 Å². The van der Waals surface area contributed by atoms with Gasteiger partial charge in [-0.05, 0) is 6.07 Å². The minimum atomic E-state index is -0.725. The molecule has 1 amide bonds. The molecule has 2 aliphatic heterocycles. The Kier molecular flexibility index (Phi) is 6.34. The molecule has 2 heterocycles. The summed E-state index contributed by atoms with van der Waals surface area (Å²) >= 11 is 0. The van der Waals surface area contributed by atoms with Gasteiger partial charge in [0.1, 0.15) is 11.5 Å². The maximum absolute atomic E-state index is 13.1. The summed E-state index contributed by atoms with van der Waals surface area (Å²) in [5, 5.41) is 11.1. The molecule has 31 heavy (non-hydrogen) atoms. The first kappa shape index (κ1) is 21.1. The molecule has 0 aliphatic carbocycles. The predicted molar refractivity (Wildman–Crippen MR) is 116 cm³/mol. The van der Waals surface area contributed by atoms with Gasteiger partial charge in [-0.25, -0.2) is 0 Å². The summed E-state index contributed by atoms with van der Waals surface area (Å²) in [6.45, 7) is 3.86. The number of ketones is 1. The topological polar surface area (TPSA) is 79.3 Å². The van der Waals surface area contributed by atoms with Gasteiger partial charge < -0.3 is 19.5 Å². The van der Waals surface area contributed by atoms with Gasteiger partial charge in [0.05, 0.1) is 31.9 Å². The lowest BCUT2D eigenvalue weighted by Gasteiger charge is -2.31. The van der Waals surface area contributed by atoms with E-state index in [1.807, 2.05) is 24.3 Å². The summed E-state index contributed by atoms with van der Waals surface area (Å²) in [5.41, 5.74) is 1.25. The number of nitrogens with zero attached hydrogens (tertiary/aromatic N) is 2. The van der Waals surface area contributed by atoms with Gasteiger partial charge >= 0.3 is 0 Å². The Labute approximate surface area is 181 Å². The summed E-state index contributed by atoms with van der Waals surface area (Å²) in [4.78, 5) is 29.9. The van der Waals surface area contributed by atoms with Crippen molar-refractivity contribution in [2.45, 2.75) is 6.04 Å². The number of hydrogen-bond acceptors (Lipinski definition) is 6. The van der Waals surface area contributed by atoms with Crippen LogP contribution in [0.5, 0.6) is 5.75 Å². The van der Waals surface area contributed by atoms with Gasteiger partial charge in [-0.3, -0.25) is 14.5 Å². The molecule has 1 atom stereocenters. The number of aliphatic hydroxyl groups is 1. The van der Waals surface area contributed by atoms with Crippen molar-refractivity contribution in [2.24, 2.45) is 0 Å². The van der Waals surface area contributed by atoms with Crippen LogP contribution >= 0.6 is 0 Å². The third-order valence-corrected chi connectivity index (χ3v) is 5.78. The average molecular weight is 422 g/mol. The first-order chi connectivity index (χ1) is 15.1. The zero-order chi connectivity index (χ0) is 21.8.